The summed E-state index contributed by atoms with van der Waals surface area (Å²) in [5.74, 6) is 0. The van der Waals surface area contributed by atoms with Gasteiger partial charge in [0.15, 0.2) is 0 Å². The Morgan fingerprint density at radius 3 is 2.69 bits per heavy atom. The molecule has 0 aromatic rings. The third-order valence-electron chi connectivity index (χ3n) is 2.13. The standard InChI is InChI=1S/C8H18N2OS2/c1-4-11-6-8-5-9(12-2)7-10(8)13-3/h8H,4-7H2,1-3H3. The second kappa shape index (κ2) is 6.14. The molecule has 0 N–H and O–H groups in total. The van der Waals surface area contributed by atoms with Crippen LogP contribution in [0.3, 0.4) is 0 Å². The zero-order valence-corrected chi connectivity index (χ0v) is 10.2. The van der Waals surface area contributed by atoms with E-state index in [1.165, 1.54) is 0 Å². The Morgan fingerprint density at radius 2 is 2.15 bits per heavy atom. The van der Waals surface area contributed by atoms with Crippen LogP contribution < -0.4 is 0 Å². The van der Waals surface area contributed by atoms with E-state index in [1.54, 1.807) is 0 Å². The number of hydrogen-bond acceptors (Lipinski definition) is 5. The number of hydrogen-bond donors (Lipinski definition) is 0. The predicted octanol–water partition coefficient (Wildman–Crippen LogP) is 1.52. The van der Waals surface area contributed by atoms with Gasteiger partial charge in [-0.05, 0) is 19.4 Å². The van der Waals surface area contributed by atoms with E-state index >= 15 is 0 Å². The van der Waals surface area contributed by atoms with Crippen LogP contribution in [0.15, 0.2) is 0 Å². The molecule has 1 unspecified atom stereocenters. The van der Waals surface area contributed by atoms with Crippen LogP contribution in [0.2, 0.25) is 0 Å². The van der Waals surface area contributed by atoms with Crippen molar-refractivity contribution in [1.29, 1.82) is 0 Å². The molecule has 5 heteroatoms. The summed E-state index contributed by atoms with van der Waals surface area (Å²) in [5.41, 5.74) is 0. The van der Waals surface area contributed by atoms with Crippen molar-refractivity contribution in [3.8, 4) is 0 Å². The van der Waals surface area contributed by atoms with Crippen molar-refractivity contribution in [2.24, 2.45) is 0 Å². The van der Waals surface area contributed by atoms with Crippen molar-refractivity contribution in [1.82, 2.24) is 8.61 Å². The first-order valence-electron chi connectivity index (χ1n) is 4.49. The van der Waals surface area contributed by atoms with E-state index in [2.05, 4.69) is 21.1 Å². The average Bonchev–Trinajstić information content (AvgIpc) is 2.57. The van der Waals surface area contributed by atoms with Crippen molar-refractivity contribution in [3.05, 3.63) is 0 Å². The maximum absolute atomic E-state index is 5.45. The lowest BCUT2D eigenvalue weighted by Crippen LogP contribution is -2.29. The molecule has 0 aliphatic carbocycles. The Hall–Kier alpha value is 0.580. The van der Waals surface area contributed by atoms with Gasteiger partial charge >= 0.3 is 0 Å². The van der Waals surface area contributed by atoms with Crippen LogP contribution in [0.5, 0.6) is 0 Å². The minimum Gasteiger partial charge on any atom is -0.380 e. The minimum atomic E-state index is 0.558. The lowest BCUT2D eigenvalue weighted by molar-refractivity contribution is 0.115. The second-order valence-electron chi connectivity index (χ2n) is 2.90. The van der Waals surface area contributed by atoms with E-state index in [0.717, 1.165) is 26.4 Å². The summed E-state index contributed by atoms with van der Waals surface area (Å²) in [6.07, 6.45) is 4.25. The summed E-state index contributed by atoms with van der Waals surface area (Å²) >= 11 is 3.62. The Kier molecular flexibility index (Phi) is 5.50. The highest BCUT2D eigenvalue weighted by atomic mass is 32.2. The highest BCUT2D eigenvalue weighted by Gasteiger charge is 2.29. The SMILES string of the molecule is CCOCC1CN(SC)CN1SC. The van der Waals surface area contributed by atoms with Gasteiger partial charge in [-0.2, -0.15) is 0 Å². The fourth-order valence-corrected chi connectivity index (χ4v) is 2.70. The van der Waals surface area contributed by atoms with Gasteiger partial charge in [-0.25, -0.2) is 8.61 Å². The largest absolute Gasteiger partial charge is 0.380 e. The van der Waals surface area contributed by atoms with Gasteiger partial charge in [0.25, 0.3) is 0 Å². The van der Waals surface area contributed by atoms with Crippen molar-refractivity contribution in [2.75, 3.05) is 38.9 Å². The van der Waals surface area contributed by atoms with Gasteiger partial charge in [0.05, 0.1) is 19.3 Å². The fraction of sp³-hybridized carbons (Fsp3) is 1.00. The van der Waals surface area contributed by atoms with E-state index in [-0.39, 0.29) is 0 Å². The predicted molar refractivity (Wildman–Crippen MR) is 60.7 cm³/mol. The molecular weight excluding hydrogens is 204 g/mol. The molecule has 0 radical (unpaired) electrons. The van der Waals surface area contributed by atoms with Crippen molar-refractivity contribution in [3.63, 3.8) is 0 Å². The first-order valence-corrected chi connectivity index (χ1v) is 6.85. The molecule has 1 heterocycles. The van der Waals surface area contributed by atoms with Crippen LogP contribution in [0.25, 0.3) is 0 Å². The van der Waals surface area contributed by atoms with E-state index in [0.29, 0.717) is 6.04 Å². The molecule has 0 amide bonds. The van der Waals surface area contributed by atoms with Crippen molar-refractivity contribution in [2.45, 2.75) is 13.0 Å². The quantitative estimate of drug-likeness (QED) is 0.654. The highest BCUT2D eigenvalue weighted by Crippen LogP contribution is 2.24. The molecule has 1 atom stereocenters. The van der Waals surface area contributed by atoms with Crippen molar-refractivity contribution >= 4 is 23.9 Å². The van der Waals surface area contributed by atoms with E-state index < -0.39 is 0 Å². The van der Waals surface area contributed by atoms with Crippen LogP contribution >= 0.6 is 23.9 Å². The smallest absolute Gasteiger partial charge is 0.0709 e. The van der Waals surface area contributed by atoms with E-state index in [1.807, 2.05) is 30.8 Å². The third kappa shape index (κ3) is 3.32. The first-order chi connectivity index (χ1) is 6.31. The molecule has 0 spiro atoms. The summed E-state index contributed by atoms with van der Waals surface area (Å²) in [7, 11) is 0. The van der Waals surface area contributed by atoms with Crippen molar-refractivity contribution < 1.29 is 4.74 Å². The maximum atomic E-state index is 5.45. The third-order valence-corrected chi connectivity index (χ3v) is 3.79. The molecule has 1 aliphatic rings. The van der Waals surface area contributed by atoms with Gasteiger partial charge in [-0.3, -0.25) is 0 Å². The molecule has 13 heavy (non-hydrogen) atoms. The molecule has 1 saturated heterocycles. The zero-order chi connectivity index (χ0) is 9.68. The normalized spacial score (nSPS) is 25.6. The molecule has 0 aromatic carbocycles. The molecule has 3 nitrogen and oxygen atoms in total. The Balaban J connectivity index is 2.33. The topological polar surface area (TPSA) is 15.7 Å². The second-order valence-corrected chi connectivity index (χ2v) is 4.62. The minimum absolute atomic E-state index is 0.558. The van der Waals surface area contributed by atoms with Crippen LogP contribution in [0.1, 0.15) is 6.92 Å². The summed E-state index contributed by atoms with van der Waals surface area (Å²) in [6.45, 7) is 5.87. The molecule has 1 aliphatic heterocycles. The van der Waals surface area contributed by atoms with Crippen LogP contribution in [-0.2, 0) is 4.74 Å². The van der Waals surface area contributed by atoms with Crippen LogP contribution in [-0.4, -0.2) is 53.6 Å². The molecule has 78 valence electrons. The van der Waals surface area contributed by atoms with Gasteiger partial charge in [-0.15, -0.1) is 0 Å². The number of ether oxygens (including phenoxy) is 1. The fourth-order valence-electron chi connectivity index (χ4n) is 1.38. The zero-order valence-electron chi connectivity index (χ0n) is 8.52. The number of nitrogens with zero attached hydrogens (tertiary/aromatic N) is 2. The molecular formula is C8H18N2OS2. The van der Waals surface area contributed by atoms with Gasteiger partial charge in [0, 0.05) is 13.2 Å². The maximum Gasteiger partial charge on any atom is 0.0709 e. The summed E-state index contributed by atoms with van der Waals surface area (Å²) in [4.78, 5) is 0. The molecule has 1 fully saturated rings. The summed E-state index contributed by atoms with van der Waals surface area (Å²) in [6, 6.07) is 0.558. The van der Waals surface area contributed by atoms with Crippen LogP contribution in [0, 0.1) is 0 Å². The lowest BCUT2D eigenvalue weighted by atomic mass is 10.3. The Labute approximate surface area is 89.4 Å². The average molecular weight is 222 g/mol. The van der Waals surface area contributed by atoms with E-state index in [9.17, 15) is 0 Å². The molecule has 0 bridgehead atoms. The lowest BCUT2D eigenvalue weighted by Gasteiger charge is -2.19. The molecule has 1 rings (SSSR count). The molecule has 0 aromatic heterocycles. The van der Waals surface area contributed by atoms with Gasteiger partial charge in [0.1, 0.15) is 0 Å². The number of rotatable bonds is 5. The Bertz CT molecular complexity index is 148. The van der Waals surface area contributed by atoms with E-state index in [4.69, 9.17) is 4.74 Å². The molecule has 0 saturated carbocycles. The Morgan fingerprint density at radius 1 is 1.38 bits per heavy atom. The van der Waals surface area contributed by atoms with Gasteiger partial charge in [0.2, 0.25) is 0 Å². The highest BCUT2D eigenvalue weighted by molar-refractivity contribution is 7.97. The first kappa shape index (κ1) is 11.7. The van der Waals surface area contributed by atoms with Gasteiger partial charge in [-0.1, -0.05) is 23.9 Å². The van der Waals surface area contributed by atoms with Gasteiger partial charge < -0.3 is 4.74 Å². The van der Waals surface area contributed by atoms with Crippen LogP contribution in [0.4, 0.5) is 0 Å². The summed E-state index contributed by atoms with van der Waals surface area (Å²) in [5, 5.41) is 0. The monoisotopic (exact) mass is 222 g/mol. The summed E-state index contributed by atoms with van der Waals surface area (Å²) < 4.78 is 10.2.